The van der Waals surface area contributed by atoms with Gasteiger partial charge in [0.1, 0.15) is 0 Å². The van der Waals surface area contributed by atoms with Crippen molar-refractivity contribution in [3.8, 4) is 17.2 Å². The first-order valence-electron chi connectivity index (χ1n) is 12.9. The van der Waals surface area contributed by atoms with Gasteiger partial charge in [0.25, 0.3) is 5.91 Å². The Balaban J connectivity index is 1.43. The minimum atomic E-state index is -0.123. The topological polar surface area (TPSA) is 63.3 Å². The first kappa shape index (κ1) is 26.7. The van der Waals surface area contributed by atoms with Gasteiger partial charge in [0.2, 0.25) is 5.75 Å². The van der Waals surface area contributed by atoms with Gasteiger partial charge in [0.15, 0.2) is 11.5 Å². The SMILES string of the molecule is CCOc1cc(C(=O)NCCCCN2CCN(c3cccc(C)c3)CC2)cc(OCC)c1OCC. The van der Waals surface area contributed by atoms with E-state index in [1.807, 2.05) is 20.8 Å². The van der Waals surface area contributed by atoms with Crippen LogP contribution in [0.2, 0.25) is 0 Å². The maximum Gasteiger partial charge on any atom is 0.251 e. The summed E-state index contributed by atoms with van der Waals surface area (Å²) in [6.45, 7) is 15.3. The van der Waals surface area contributed by atoms with Crippen LogP contribution in [-0.2, 0) is 0 Å². The van der Waals surface area contributed by atoms with E-state index in [0.717, 1.165) is 45.6 Å². The number of unbranched alkanes of at least 4 members (excludes halogenated alkanes) is 1. The zero-order valence-corrected chi connectivity index (χ0v) is 21.8. The predicted molar refractivity (Wildman–Crippen MR) is 141 cm³/mol. The molecule has 1 N–H and O–H groups in total. The highest BCUT2D eigenvalue weighted by molar-refractivity contribution is 5.95. The minimum absolute atomic E-state index is 0.123. The monoisotopic (exact) mass is 483 g/mol. The molecular weight excluding hydrogens is 442 g/mol. The molecule has 35 heavy (non-hydrogen) atoms. The maximum absolute atomic E-state index is 12.8. The van der Waals surface area contributed by atoms with Crippen molar-refractivity contribution in [3.63, 3.8) is 0 Å². The molecule has 0 radical (unpaired) electrons. The fourth-order valence-electron chi connectivity index (χ4n) is 4.34. The van der Waals surface area contributed by atoms with Gasteiger partial charge in [-0.3, -0.25) is 9.69 Å². The summed E-state index contributed by atoms with van der Waals surface area (Å²) in [7, 11) is 0. The van der Waals surface area contributed by atoms with Crippen molar-refractivity contribution >= 4 is 11.6 Å². The van der Waals surface area contributed by atoms with E-state index in [0.29, 0.717) is 49.2 Å². The predicted octanol–water partition coefficient (Wildman–Crippen LogP) is 4.52. The Morgan fingerprint density at radius 3 is 2.14 bits per heavy atom. The number of carbonyl (C=O) groups excluding carboxylic acids is 1. The Labute approximate surface area is 210 Å². The summed E-state index contributed by atoms with van der Waals surface area (Å²) < 4.78 is 17.2. The highest BCUT2D eigenvalue weighted by Gasteiger charge is 2.19. The second kappa shape index (κ2) is 13.8. The van der Waals surface area contributed by atoms with Gasteiger partial charge in [-0.15, -0.1) is 0 Å². The molecule has 7 heteroatoms. The summed E-state index contributed by atoms with van der Waals surface area (Å²) in [5, 5.41) is 3.04. The maximum atomic E-state index is 12.8. The Kier molecular flexibility index (Phi) is 10.5. The number of hydrogen-bond acceptors (Lipinski definition) is 6. The lowest BCUT2D eigenvalue weighted by Gasteiger charge is -2.36. The van der Waals surface area contributed by atoms with Crippen LogP contribution >= 0.6 is 0 Å². The normalized spacial score (nSPS) is 14.0. The van der Waals surface area contributed by atoms with E-state index >= 15 is 0 Å². The second-order valence-corrected chi connectivity index (χ2v) is 8.73. The third kappa shape index (κ3) is 7.79. The van der Waals surface area contributed by atoms with E-state index < -0.39 is 0 Å². The standard InChI is InChI=1S/C28H41N3O4/c1-5-33-25-20-23(21-26(34-6-2)27(25)35-7-3)28(32)29-13-8-9-14-30-15-17-31(18-16-30)24-12-10-11-22(4)19-24/h10-12,19-21H,5-9,13-18H2,1-4H3,(H,29,32). The molecule has 1 heterocycles. The molecular formula is C28H41N3O4. The number of carbonyl (C=O) groups is 1. The van der Waals surface area contributed by atoms with Crippen molar-refractivity contribution in [2.24, 2.45) is 0 Å². The summed E-state index contributed by atoms with van der Waals surface area (Å²) in [6, 6.07) is 12.2. The van der Waals surface area contributed by atoms with Gasteiger partial charge < -0.3 is 24.4 Å². The third-order valence-corrected chi connectivity index (χ3v) is 6.10. The summed E-state index contributed by atoms with van der Waals surface area (Å²) in [6.07, 6.45) is 2.00. The zero-order valence-electron chi connectivity index (χ0n) is 21.8. The molecule has 0 bridgehead atoms. The van der Waals surface area contributed by atoms with Crippen molar-refractivity contribution in [2.45, 2.75) is 40.5 Å². The molecule has 7 nitrogen and oxygen atoms in total. The molecule has 2 aromatic rings. The molecule has 1 fully saturated rings. The summed E-state index contributed by atoms with van der Waals surface area (Å²) >= 11 is 0. The highest BCUT2D eigenvalue weighted by Crippen LogP contribution is 2.39. The molecule has 0 unspecified atom stereocenters. The molecule has 1 aliphatic rings. The van der Waals surface area contributed by atoms with Crippen LogP contribution in [0, 0.1) is 6.92 Å². The van der Waals surface area contributed by atoms with Gasteiger partial charge in [-0.05, 0) is 76.9 Å². The van der Waals surface area contributed by atoms with Crippen LogP contribution in [0.3, 0.4) is 0 Å². The Hall–Kier alpha value is -2.93. The van der Waals surface area contributed by atoms with Crippen molar-refractivity contribution in [3.05, 3.63) is 47.5 Å². The summed E-state index contributed by atoms with van der Waals surface area (Å²) in [4.78, 5) is 17.8. The van der Waals surface area contributed by atoms with E-state index in [4.69, 9.17) is 14.2 Å². The molecule has 0 aromatic heterocycles. The van der Waals surface area contributed by atoms with E-state index in [2.05, 4.69) is 46.3 Å². The number of piperazine rings is 1. The van der Waals surface area contributed by atoms with Crippen molar-refractivity contribution in [1.29, 1.82) is 0 Å². The number of ether oxygens (including phenoxy) is 3. The number of nitrogens with one attached hydrogen (secondary N) is 1. The van der Waals surface area contributed by atoms with Gasteiger partial charge in [0.05, 0.1) is 19.8 Å². The molecule has 0 aliphatic carbocycles. The average molecular weight is 484 g/mol. The van der Waals surface area contributed by atoms with Gasteiger partial charge in [-0.1, -0.05) is 12.1 Å². The second-order valence-electron chi connectivity index (χ2n) is 8.73. The zero-order chi connectivity index (χ0) is 25.0. The van der Waals surface area contributed by atoms with Crippen LogP contribution in [0.15, 0.2) is 36.4 Å². The van der Waals surface area contributed by atoms with Crippen LogP contribution < -0.4 is 24.4 Å². The van der Waals surface area contributed by atoms with E-state index in [1.54, 1.807) is 12.1 Å². The molecule has 1 aliphatic heterocycles. The first-order valence-corrected chi connectivity index (χ1v) is 12.9. The van der Waals surface area contributed by atoms with Gasteiger partial charge in [-0.25, -0.2) is 0 Å². The quantitative estimate of drug-likeness (QED) is 0.423. The van der Waals surface area contributed by atoms with Crippen molar-refractivity contribution < 1.29 is 19.0 Å². The van der Waals surface area contributed by atoms with Crippen LogP contribution in [0.1, 0.15) is 49.5 Å². The lowest BCUT2D eigenvalue weighted by Crippen LogP contribution is -2.46. The fraction of sp³-hybridized carbons (Fsp3) is 0.536. The third-order valence-electron chi connectivity index (χ3n) is 6.10. The molecule has 0 saturated carbocycles. The number of nitrogens with zero attached hydrogens (tertiary/aromatic N) is 2. The molecule has 0 spiro atoms. The van der Waals surface area contributed by atoms with Crippen LogP contribution in [0.25, 0.3) is 0 Å². The molecule has 0 atom stereocenters. The number of aryl methyl sites for hydroxylation is 1. The van der Waals surface area contributed by atoms with Crippen LogP contribution in [-0.4, -0.2) is 69.9 Å². The Morgan fingerprint density at radius 1 is 0.886 bits per heavy atom. The van der Waals surface area contributed by atoms with E-state index in [1.165, 1.54) is 11.3 Å². The number of anilines is 1. The lowest BCUT2D eigenvalue weighted by atomic mass is 10.1. The molecule has 1 amide bonds. The molecule has 192 valence electrons. The first-order chi connectivity index (χ1) is 17.0. The number of benzene rings is 2. The molecule has 2 aromatic carbocycles. The van der Waals surface area contributed by atoms with E-state index in [-0.39, 0.29) is 5.91 Å². The average Bonchev–Trinajstić information content (AvgIpc) is 2.86. The van der Waals surface area contributed by atoms with Crippen molar-refractivity contribution in [1.82, 2.24) is 10.2 Å². The van der Waals surface area contributed by atoms with Crippen LogP contribution in [0.4, 0.5) is 5.69 Å². The number of amides is 1. The van der Waals surface area contributed by atoms with Gasteiger partial charge in [-0.2, -0.15) is 0 Å². The Morgan fingerprint density at radius 2 is 1.54 bits per heavy atom. The number of rotatable bonds is 13. The fourth-order valence-corrected chi connectivity index (χ4v) is 4.34. The molecule has 1 saturated heterocycles. The Bertz CT molecular complexity index is 915. The smallest absolute Gasteiger partial charge is 0.251 e. The van der Waals surface area contributed by atoms with Crippen LogP contribution in [0.5, 0.6) is 17.2 Å². The summed E-state index contributed by atoms with van der Waals surface area (Å²) in [5.41, 5.74) is 3.15. The van der Waals surface area contributed by atoms with Crippen molar-refractivity contribution in [2.75, 3.05) is 64.0 Å². The van der Waals surface area contributed by atoms with E-state index in [9.17, 15) is 4.79 Å². The lowest BCUT2D eigenvalue weighted by molar-refractivity contribution is 0.0951. The number of hydrogen-bond donors (Lipinski definition) is 1. The molecule has 3 rings (SSSR count). The van der Waals surface area contributed by atoms with Gasteiger partial charge in [0, 0.05) is 44.0 Å². The van der Waals surface area contributed by atoms with Gasteiger partial charge >= 0.3 is 0 Å². The minimum Gasteiger partial charge on any atom is -0.490 e. The largest absolute Gasteiger partial charge is 0.490 e. The summed E-state index contributed by atoms with van der Waals surface area (Å²) in [5.74, 6) is 1.50. The highest BCUT2D eigenvalue weighted by atomic mass is 16.5.